The molecule has 0 amide bonds. The van der Waals surface area contributed by atoms with Gasteiger partial charge in [-0.25, -0.2) is 0 Å². The van der Waals surface area contributed by atoms with Crippen LogP contribution in [0.1, 0.15) is 26.4 Å². The Morgan fingerprint density at radius 2 is 0.618 bits per heavy atom. The lowest BCUT2D eigenvalue weighted by Gasteiger charge is -1.93. The zero-order valence-electron chi connectivity index (χ0n) is 35.8. The van der Waals surface area contributed by atoms with Crippen molar-refractivity contribution in [3.05, 3.63) is 134 Å². The molecule has 0 N–H and O–H groups in total. The SMILES string of the molecule is CCc1cc2sc(-c3cc4c(=O)n(C)c(=O)c5cc(-c6cc7sc(Cc8cc9sc(-c%10cc%11c(=O)n(C)c(=O)c%12cc(-c%13cc%14sc(C)cc%14s%13)sc%12c%11s%10)cc9s8)cc7s6)sc5c4s3)cc2s1. The molecule has 14 aromatic heterocycles. The Kier molecular flexibility index (Phi) is 9.78. The first-order valence-electron chi connectivity index (χ1n) is 21.2. The van der Waals surface area contributed by atoms with Crippen molar-refractivity contribution in [1.29, 1.82) is 0 Å². The highest BCUT2D eigenvalue weighted by atomic mass is 32.1. The molecule has 0 unspecified atom stereocenters. The van der Waals surface area contributed by atoms with E-state index in [1.165, 1.54) is 66.2 Å². The van der Waals surface area contributed by atoms with Gasteiger partial charge in [0.1, 0.15) is 0 Å². The zero-order chi connectivity index (χ0) is 46.0. The summed E-state index contributed by atoms with van der Waals surface area (Å²) in [5, 5.41) is 2.37. The second kappa shape index (κ2) is 15.6. The lowest BCUT2D eigenvalue weighted by atomic mass is 10.3. The van der Waals surface area contributed by atoms with E-state index in [9.17, 15) is 19.2 Å². The zero-order valence-corrected chi connectivity index (χ0v) is 45.6. The van der Waals surface area contributed by atoms with Crippen LogP contribution in [-0.4, -0.2) is 9.13 Å². The molecule has 0 atom stereocenters. The molecule has 0 radical (unpaired) electrons. The average molecular weight is 1110 g/mol. The first-order valence-corrected chi connectivity index (χ1v) is 31.0. The second-order valence-corrected chi connectivity index (χ2v) is 30.0. The molecule has 0 aliphatic heterocycles. The fourth-order valence-corrected chi connectivity index (χ4v) is 23.8. The van der Waals surface area contributed by atoms with Gasteiger partial charge >= 0.3 is 0 Å². The molecule has 0 aliphatic carbocycles. The number of thiophene rings is 12. The molecule has 0 spiro atoms. The van der Waals surface area contributed by atoms with Gasteiger partial charge in [0, 0.05) is 117 Å². The van der Waals surface area contributed by atoms with E-state index in [1.807, 2.05) is 58.3 Å². The second-order valence-electron chi connectivity index (χ2n) is 16.6. The minimum absolute atomic E-state index is 0.253. The van der Waals surface area contributed by atoms with Gasteiger partial charge in [0.2, 0.25) is 0 Å². The monoisotopic (exact) mass is 1100 g/mol. The van der Waals surface area contributed by atoms with Gasteiger partial charge in [0.05, 0.1) is 40.3 Å². The van der Waals surface area contributed by atoms with E-state index in [0.29, 0.717) is 21.5 Å². The highest BCUT2D eigenvalue weighted by Gasteiger charge is 2.22. The third-order valence-corrected chi connectivity index (χ3v) is 27.1. The van der Waals surface area contributed by atoms with Crippen LogP contribution in [0.15, 0.2) is 92.0 Å². The van der Waals surface area contributed by atoms with E-state index < -0.39 is 0 Å². The number of rotatable bonds is 7. The van der Waals surface area contributed by atoms with Gasteiger partial charge in [-0.15, -0.1) is 136 Å². The number of hydrogen-bond acceptors (Lipinski definition) is 16. The topological polar surface area (TPSA) is 78.1 Å². The Bertz CT molecular complexity index is 4610. The van der Waals surface area contributed by atoms with Crippen LogP contribution in [-0.2, 0) is 26.9 Å². The molecule has 6 nitrogen and oxygen atoms in total. The predicted octanol–water partition coefficient (Wildman–Crippen LogP) is 16.9. The predicted molar refractivity (Wildman–Crippen MR) is 309 cm³/mol. The summed E-state index contributed by atoms with van der Waals surface area (Å²) in [6.07, 6.45) is 1.88. The highest BCUT2D eigenvalue weighted by Crippen LogP contribution is 2.49. The van der Waals surface area contributed by atoms with E-state index in [4.69, 9.17) is 0 Å². The molecule has 68 heavy (non-hydrogen) atoms. The molecule has 0 aromatic carbocycles. The van der Waals surface area contributed by atoms with Crippen LogP contribution in [0.25, 0.3) is 117 Å². The number of hydrogen-bond donors (Lipinski definition) is 0. The lowest BCUT2D eigenvalue weighted by molar-refractivity contribution is 0.846. The van der Waals surface area contributed by atoms with E-state index in [2.05, 4.69) is 62.4 Å². The maximum Gasteiger partial charge on any atom is 0.262 e. The summed E-state index contributed by atoms with van der Waals surface area (Å²) in [4.78, 5) is 68.7. The third kappa shape index (κ3) is 6.60. The van der Waals surface area contributed by atoms with Crippen molar-refractivity contribution in [3.8, 4) is 39.0 Å². The maximum atomic E-state index is 13.7. The maximum absolute atomic E-state index is 13.7. The highest BCUT2D eigenvalue weighted by molar-refractivity contribution is 7.37. The Labute approximate surface area is 432 Å². The van der Waals surface area contributed by atoms with Gasteiger partial charge < -0.3 is 0 Å². The van der Waals surface area contributed by atoms with Gasteiger partial charge in [0.25, 0.3) is 22.2 Å². The number of fused-ring (bicyclic) bond motifs is 10. The molecule has 0 bridgehead atoms. The summed E-state index contributed by atoms with van der Waals surface area (Å²) in [5.74, 6) is 0. The van der Waals surface area contributed by atoms with E-state index in [0.717, 1.165) is 70.7 Å². The number of nitrogens with zero attached hydrogens (tertiary/aromatic N) is 2. The van der Waals surface area contributed by atoms with Crippen molar-refractivity contribution in [1.82, 2.24) is 9.13 Å². The fourth-order valence-electron chi connectivity index (χ4n) is 8.89. The number of aromatic nitrogens is 2. The Morgan fingerprint density at radius 1 is 0.338 bits per heavy atom. The normalized spacial score (nSPS) is 12.5. The molecule has 18 heteroatoms. The Hall–Kier alpha value is -4.28. The van der Waals surface area contributed by atoms with Crippen LogP contribution in [0, 0.1) is 6.92 Å². The molecule has 14 aromatic rings. The summed E-state index contributed by atoms with van der Waals surface area (Å²) in [6, 6.07) is 26.1. The molecule has 14 heterocycles. The molecule has 0 fully saturated rings. The van der Waals surface area contributed by atoms with Gasteiger partial charge in [0.15, 0.2) is 0 Å². The van der Waals surface area contributed by atoms with Crippen LogP contribution in [0.2, 0.25) is 0 Å². The average Bonchev–Trinajstić information content (AvgIpc) is 4.14. The molecule has 0 saturated heterocycles. The third-order valence-electron chi connectivity index (χ3n) is 12.3. The first kappa shape index (κ1) is 42.6. The van der Waals surface area contributed by atoms with E-state index in [-0.39, 0.29) is 22.2 Å². The molecular formula is C50H28N2O4S12. The van der Waals surface area contributed by atoms with Crippen LogP contribution < -0.4 is 22.2 Å². The van der Waals surface area contributed by atoms with Crippen LogP contribution >= 0.6 is 136 Å². The summed E-state index contributed by atoms with van der Waals surface area (Å²) in [7, 11) is 3.19. The quantitative estimate of drug-likeness (QED) is 0.159. The van der Waals surface area contributed by atoms with Crippen molar-refractivity contribution in [2.45, 2.75) is 26.7 Å². The van der Waals surface area contributed by atoms with Crippen LogP contribution in [0.3, 0.4) is 0 Å². The van der Waals surface area contributed by atoms with Gasteiger partial charge in [-0.05, 0) is 86.1 Å². The summed E-state index contributed by atoms with van der Waals surface area (Å²) in [5.41, 5.74) is -1.03. The van der Waals surface area contributed by atoms with E-state index >= 15 is 0 Å². The standard InChI is InChI=1S/C50H28N2O4S12/c1-5-20-8-28-36(58-20)16-40(62-28)32-12-24-45(66-32)46-26(50(56)52(4)48(24)54)14-34(68-46)42-18-38-30(64-42)10-22(60-38)7-21-9-29-37(59-21)17-41(63-29)33-13-25-44(67-33)43-23(47(53)51(3)49(25)55)11-31(65-43)39-15-35-27(61-39)6-19(2)57-35/h6,8-18H,5,7H2,1-4H3. The molecule has 14 rings (SSSR count). The van der Waals surface area contributed by atoms with Crippen molar-refractivity contribution in [3.63, 3.8) is 0 Å². The van der Waals surface area contributed by atoms with Gasteiger partial charge in [-0.3, -0.25) is 28.3 Å². The largest absolute Gasteiger partial charge is 0.277 e. The van der Waals surface area contributed by atoms with Crippen LogP contribution in [0.4, 0.5) is 0 Å². The summed E-state index contributed by atoms with van der Waals surface area (Å²) >= 11 is 20.7. The molecule has 0 saturated carbocycles. The minimum Gasteiger partial charge on any atom is -0.277 e. The Balaban J connectivity index is 0.756. The minimum atomic E-state index is -0.260. The van der Waals surface area contributed by atoms with E-state index in [1.54, 1.807) is 116 Å². The fraction of sp³-hybridized carbons (Fsp3) is 0.120. The van der Waals surface area contributed by atoms with Crippen molar-refractivity contribution in [2.75, 3.05) is 0 Å². The molecule has 0 aliphatic rings. The molecular weight excluding hydrogens is 1080 g/mol. The van der Waals surface area contributed by atoms with Crippen molar-refractivity contribution in [2.24, 2.45) is 14.1 Å². The van der Waals surface area contributed by atoms with Gasteiger partial charge in [-0.2, -0.15) is 0 Å². The summed E-state index contributed by atoms with van der Waals surface area (Å²) < 4.78 is 16.1. The van der Waals surface area contributed by atoms with Crippen molar-refractivity contribution < 1.29 is 0 Å². The smallest absolute Gasteiger partial charge is 0.262 e. The first-order chi connectivity index (χ1) is 32.9. The Morgan fingerprint density at radius 3 is 0.941 bits per heavy atom. The van der Waals surface area contributed by atoms with Crippen molar-refractivity contribution >= 4 is 214 Å². The lowest BCUT2D eigenvalue weighted by Crippen LogP contribution is -2.26. The summed E-state index contributed by atoms with van der Waals surface area (Å²) in [6.45, 7) is 4.31. The number of aryl methyl sites for hydroxylation is 2. The van der Waals surface area contributed by atoms with Gasteiger partial charge in [-0.1, -0.05) is 6.92 Å². The van der Waals surface area contributed by atoms with Crippen LogP contribution in [0.5, 0.6) is 0 Å². The molecule has 334 valence electrons.